The summed E-state index contributed by atoms with van der Waals surface area (Å²) in [7, 11) is 0. The SMILES string of the molecule is CC.OCc1ccc2cc(N3CCCCC3)ccc2c1. The summed E-state index contributed by atoms with van der Waals surface area (Å²) in [6.07, 6.45) is 3.98. The van der Waals surface area contributed by atoms with Crippen LogP contribution in [0, 0.1) is 0 Å². The third-order valence-electron chi connectivity index (χ3n) is 3.79. The Morgan fingerprint density at radius 3 is 2.25 bits per heavy atom. The van der Waals surface area contributed by atoms with E-state index in [0.29, 0.717) is 0 Å². The number of nitrogens with zero attached hydrogens (tertiary/aromatic N) is 1. The van der Waals surface area contributed by atoms with Crippen LogP contribution in [-0.2, 0) is 6.61 Å². The van der Waals surface area contributed by atoms with Gasteiger partial charge in [0, 0.05) is 18.8 Å². The zero-order chi connectivity index (χ0) is 14.4. The van der Waals surface area contributed by atoms with E-state index in [4.69, 9.17) is 5.11 Å². The van der Waals surface area contributed by atoms with Crippen molar-refractivity contribution in [3.8, 4) is 0 Å². The van der Waals surface area contributed by atoms with Gasteiger partial charge in [-0.25, -0.2) is 0 Å². The van der Waals surface area contributed by atoms with Crippen LogP contribution < -0.4 is 4.90 Å². The molecule has 2 aromatic rings. The Hall–Kier alpha value is -1.54. The predicted octanol–water partition coefficient (Wildman–Crippen LogP) is 4.35. The normalized spacial score (nSPS) is 14.8. The fourth-order valence-electron chi connectivity index (χ4n) is 2.73. The molecule has 0 bridgehead atoms. The first-order valence-electron chi connectivity index (χ1n) is 7.75. The summed E-state index contributed by atoms with van der Waals surface area (Å²) in [5, 5.41) is 11.6. The molecule has 1 fully saturated rings. The van der Waals surface area contributed by atoms with Crippen molar-refractivity contribution >= 4 is 16.5 Å². The maximum Gasteiger partial charge on any atom is 0.0682 e. The number of piperidine rings is 1. The van der Waals surface area contributed by atoms with Crippen LogP contribution in [0.15, 0.2) is 36.4 Å². The molecule has 0 saturated carbocycles. The molecule has 0 aromatic heterocycles. The highest BCUT2D eigenvalue weighted by Crippen LogP contribution is 2.25. The van der Waals surface area contributed by atoms with Crippen molar-refractivity contribution in [3.05, 3.63) is 42.0 Å². The lowest BCUT2D eigenvalue weighted by atomic mass is 10.0. The molecule has 0 unspecified atom stereocenters. The Balaban J connectivity index is 0.000000704. The summed E-state index contributed by atoms with van der Waals surface area (Å²) in [5.74, 6) is 0. The number of aliphatic hydroxyl groups is 1. The van der Waals surface area contributed by atoms with Crippen LogP contribution in [0.2, 0.25) is 0 Å². The summed E-state index contributed by atoms with van der Waals surface area (Å²) < 4.78 is 0. The number of anilines is 1. The van der Waals surface area contributed by atoms with Gasteiger partial charge in [0.1, 0.15) is 0 Å². The topological polar surface area (TPSA) is 23.5 Å². The smallest absolute Gasteiger partial charge is 0.0682 e. The summed E-state index contributed by atoms with van der Waals surface area (Å²) in [6.45, 7) is 6.48. The third-order valence-corrected chi connectivity index (χ3v) is 3.79. The van der Waals surface area contributed by atoms with Gasteiger partial charge in [-0.05, 0) is 53.8 Å². The zero-order valence-electron chi connectivity index (χ0n) is 12.6. The monoisotopic (exact) mass is 271 g/mol. The highest BCUT2D eigenvalue weighted by Gasteiger charge is 2.10. The Morgan fingerprint density at radius 1 is 0.900 bits per heavy atom. The first-order valence-corrected chi connectivity index (χ1v) is 7.75. The molecule has 1 aliphatic heterocycles. The van der Waals surface area contributed by atoms with Crippen LogP contribution in [0.5, 0.6) is 0 Å². The number of aliphatic hydroxyl groups excluding tert-OH is 1. The minimum Gasteiger partial charge on any atom is -0.392 e. The van der Waals surface area contributed by atoms with Crippen LogP contribution in [0.4, 0.5) is 5.69 Å². The molecule has 2 nitrogen and oxygen atoms in total. The molecule has 1 heterocycles. The standard InChI is InChI=1S/C16H19NO.C2H6/c18-12-13-4-5-15-11-16(7-6-14(15)10-13)17-8-2-1-3-9-17;1-2/h4-7,10-11,18H,1-3,8-9,12H2;1-2H3. The zero-order valence-corrected chi connectivity index (χ0v) is 12.6. The second kappa shape index (κ2) is 7.30. The lowest BCUT2D eigenvalue weighted by Gasteiger charge is -2.29. The van der Waals surface area contributed by atoms with Crippen molar-refractivity contribution in [1.29, 1.82) is 0 Å². The molecule has 20 heavy (non-hydrogen) atoms. The largest absolute Gasteiger partial charge is 0.392 e. The number of rotatable bonds is 2. The average molecular weight is 271 g/mol. The highest BCUT2D eigenvalue weighted by atomic mass is 16.3. The van der Waals surface area contributed by atoms with Crippen LogP contribution in [0.1, 0.15) is 38.7 Å². The van der Waals surface area contributed by atoms with Gasteiger partial charge in [-0.15, -0.1) is 0 Å². The molecule has 108 valence electrons. The molecule has 2 heteroatoms. The summed E-state index contributed by atoms with van der Waals surface area (Å²) in [4.78, 5) is 2.48. The lowest BCUT2D eigenvalue weighted by Crippen LogP contribution is -2.29. The second-order valence-corrected chi connectivity index (χ2v) is 5.07. The molecule has 0 radical (unpaired) electrons. The molecule has 0 spiro atoms. The third kappa shape index (κ3) is 3.31. The molecule has 0 amide bonds. The van der Waals surface area contributed by atoms with Crippen molar-refractivity contribution in [3.63, 3.8) is 0 Å². The Morgan fingerprint density at radius 2 is 1.55 bits per heavy atom. The Bertz CT molecular complexity index is 544. The molecule has 2 aromatic carbocycles. The molecular formula is C18H25NO. The van der Waals surface area contributed by atoms with Crippen molar-refractivity contribution in [2.24, 2.45) is 0 Å². The van der Waals surface area contributed by atoms with E-state index in [2.05, 4.69) is 35.2 Å². The van der Waals surface area contributed by atoms with E-state index in [1.165, 1.54) is 48.8 Å². The van der Waals surface area contributed by atoms with Gasteiger partial charge in [0.2, 0.25) is 0 Å². The summed E-state index contributed by atoms with van der Waals surface area (Å²) >= 11 is 0. The molecule has 3 rings (SSSR count). The minimum absolute atomic E-state index is 0.115. The van der Waals surface area contributed by atoms with Gasteiger partial charge in [-0.1, -0.05) is 32.0 Å². The van der Waals surface area contributed by atoms with E-state index < -0.39 is 0 Å². The number of hydrogen-bond donors (Lipinski definition) is 1. The molecule has 1 aliphatic rings. The van der Waals surface area contributed by atoms with Gasteiger partial charge >= 0.3 is 0 Å². The molecule has 0 aliphatic carbocycles. The molecular weight excluding hydrogens is 246 g/mol. The van der Waals surface area contributed by atoms with Crippen molar-refractivity contribution in [1.82, 2.24) is 0 Å². The maximum atomic E-state index is 9.15. The van der Waals surface area contributed by atoms with Gasteiger partial charge in [0.25, 0.3) is 0 Å². The van der Waals surface area contributed by atoms with Crippen LogP contribution in [-0.4, -0.2) is 18.2 Å². The Labute approximate surface area is 122 Å². The van der Waals surface area contributed by atoms with Crippen LogP contribution >= 0.6 is 0 Å². The van der Waals surface area contributed by atoms with Crippen LogP contribution in [0.3, 0.4) is 0 Å². The molecule has 0 atom stereocenters. The van der Waals surface area contributed by atoms with Crippen molar-refractivity contribution in [2.45, 2.75) is 39.7 Å². The second-order valence-electron chi connectivity index (χ2n) is 5.07. The van der Waals surface area contributed by atoms with E-state index in [1.54, 1.807) is 0 Å². The fraction of sp³-hybridized carbons (Fsp3) is 0.444. The first kappa shape index (κ1) is 14.9. The first-order chi connectivity index (χ1) is 9.86. The van der Waals surface area contributed by atoms with Gasteiger partial charge in [-0.2, -0.15) is 0 Å². The van der Waals surface area contributed by atoms with E-state index >= 15 is 0 Å². The van der Waals surface area contributed by atoms with Crippen LogP contribution in [0.25, 0.3) is 10.8 Å². The summed E-state index contributed by atoms with van der Waals surface area (Å²) in [5.41, 5.74) is 2.31. The van der Waals surface area contributed by atoms with Crippen molar-refractivity contribution in [2.75, 3.05) is 18.0 Å². The molecule has 1 N–H and O–H groups in total. The minimum atomic E-state index is 0.115. The van der Waals surface area contributed by atoms with E-state index in [0.717, 1.165) is 5.56 Å². The highest BCUT2D eigenvalue weighted by molar-refractivity contribution is 5.86. The van der Waals surface area contributed by atoms with Gasteiger partial charge < -0.3 is 10.0 Å². The van der Waals surface area contributed by atoms with E-state index in [9.17, 15) is 0 Å². The van der Waals surface area contributed by atoms with Crippen molar-refractivity contribution < 1.29 is 5.11 Å². The number of hydrogen-bond acceptors (Lipinski definition) is 2. The average Bonchev–Trinajstić information content (AvgIpc) is 2.56. The summed E-state index contributed by atoms with van der Waals surface area (Å²) in [6, 6.07) is 12.8. The Kier molecular flexibility index (Phi) is 5.42. The maximum absolute atomic E-state index is 9.15. The van der Waals surface area contributed by atoms with Gasteiger partial charge in [0.05, 0.1) is 6.61 Å². The molecule has 1 saturated heterocycles. The van der Waals surface area contributed by atoms with E-state index in [-0.39, 0.29) is 6.61 Å². The quantitative estimate of drug-likeness (QED) is 0.878. The van der Waals surface area contributed by atoms with Gasteiger partial charge in [0.15, 0.2) is 0 Å². The van der Waals surface area contributed by atoms with Gasteiger partial charge in [-0.3, -0.25) is 0 Å². The number of fused-ring (bicyclic) bond motifs is 1. The predicted molar refractivity (Wildman–Crippen MR) is 87.3 cm³/mol. The fourth-order valence-corrected chi connectivity index (χ4v) is 2.73. The number of benzene rings is 2. The van der Waals surface area contributed by atoms with E-state index in [1.807, 2.05) is 19.9 Å². The lowest BCUT2D eigenvalue weighted by molar-refractivity contribution is 0.282.